The lowest BCUT2D eigenvalue weighted by Crippen LogP contribution is -2.44. The van der Waals surface area contributed by atoms with Crippen LogP contribution in [0, 0.1) is 16.7 Å². The number of nitriles is 1. The lowest BCUT2D eigenvalue weighted by atomic mass is 9.74. The molecule has 0 unspecified atom stereocenters. The van der Waals surface area contributed by atoms with Crippen LogP contribution in [0.4, 0.5) is 0 Å². The molecule has 102 valence electrons. The molecule has 2 heterocycles. The first kappa shape index (κ1) is 14.0. The van der Waals surface area contributed by atoms with Gasteiger partial charge in [-0.3, -0.25) is 4.98 Å². The number of piperidine rings is 1. The largest absolute Gasteiger partial charge is 0.303 e. The van der Waals surface area contributed by atoms with E-state index in [-0.39, 0.29) is 5.41 Å². The van der Waals surface area contributed by atoms with Gasteiger partial charge in [-0.2, -0.15) is 5.26 Å². The van der Waals surface area contributed by atoms with Gasteiger partial charge in [-0.05, 0) is 29.9 Å². The quantitative estimate of drug-likeness (QED) is 0.817. The first-order valence-electron chi connectivity index (χ1n) is 6.99. The van der Waals surface area contributed by atoms with Crippen molar-refractivity contribution < 1.29 is 0 Å². The maximum absolute atomic E-state index is 9.62. The minimum Gasteiger partial charge on any atom is -0.303 e. The Kier molecular flexibility index (Phi) is 3.91. The number of aromatic nitrogens is 1. The molecule has 19 heavy (non-hydrogen) atoms. The predicted octanol–water partition coefficient (Wildman–Crippen LogP) is 2.98. The van der Waals surface area contributed by atoms with Crippen LogP contribution in [-0.4, -0.2) is 29.5 Å². The van der Waals surface area contributed by atoms with Crippen LogP contribution in [0.25, 0.3) is 0 Å². The first-order valence-corrected chi connectivity index (χ1v) is 6.99. The fraction of sp³-hybridized carbons (Fsp3) is 0.625. The number of nitrogens with zero attached hydrogens (tertiary/aromatic N) is 3. The molecule has 0 atom stereocenters. The Labute approximate surface area is 116 Å². The number of hydrogen-bond acceptors (Lipinski definition) is 3. The van der Waals surface area contributed by atoms with Crippen molar-refractivity contribution in [2.75, 3.05) is 19.6 Å². The van der Waals surface area contributed by atoms with Gasteiger partial charge < -0.3 is 4.90 Å². The highest BCUT2D eigenvalue weighted by molar-refractivity contribution is 5.30. The molecular weight excluding hydrogens is 234 g/mol. The fourth-order valence-electron chi connectivity index (χ4n) is 2.87. The summed E-state index contributed by atoms with van der Waals surface area (Å²) >= 11 is 0. The van der Waals surface area contributed by atoms with Crippen molar-refractivity contribution in [2.24, 2.45) is 5.41 Å². The van der Waals surface area contributed by atoms with E-state index in [0.717, 1.165) is 38.0 Å². The zero-order valence-electron chi connectivity index (χ0n) is 12.2. The van der Waals surface area contributed by atoms with Crippen LogP contribution in [0.1, 0.15) is 39.2 Å². The van der Waals surface area contributed by atoms with Gasteiger partial charge in [0.1, 0.15) is 0 Å². The van der Waals surface area contributed by atoms with Crippen molar-refractivity contribution in [3.05, 3.63) is 30.1 Å². The van der Waals surface area contributed by atoms with Gasteiger partial charge >= 0.3 is 0 Å². The molecule has 0 spiro atoms. The van der Waals surface area contributed by atoms with Crippen LogP contribution in [0.2, 0.25) is 0 Å². The second kappa shape index (κ2) is 5.30. The second-order valence-corrected chi connectivity index (χ2v) is 6.77. The van der Waals surface area contributed by atoms with E-state index in [0.29, 0.717) is 5.41 Å². The van der Waals surface area contributed by atoms with Gasteiger partial charge in [0, 0.05) is 32.0 Å². The summed E-state index contributed by atoms with van der Waals surface area (Å²) in [7, 11) is 0. The van der Waals surface area contributed by atoms with E-state index in [2.05, 4.69) is 36.7 Å². The highest BCUT2D eigenvalue weighted by Crippen LogP contribution is 2.35. The number of pyridine rings is 1. The third kappa shape index (κ3) is 3.33. The molecular formula is C16H23N3. The van der Waals surface area contributed by atoms with Crippen LogP contribution in [0.15, 0.2) is 24.5 Å². The molecule has 0 bridgehead atoms. The summed E-state index contributed by atoms with van der Waals surface area (Å²) in [5.41, 5.74) is 1.07. The minimum atomic E-state index is -0.331. The molecule has 0 amide bonds. The highest BCUT2D eigenvalue weighted by atomic mass is 15.1. The van der Waals surface area contributed by atoms with E-state index in [1.165, 1.54) is 0 Å². The maximum atomic E-state index is 9.62. The van der Waals surface area contributed by atoms with Crippen molar-refractivity contribution in [2.45, 2.75) is 39.0 Å². The van der Waals surface area contributed by atoms with E-state index >= 15 is 0 Å². The molecule has 3 nitrogen and oxygen atoms in total. The Hall–Kier alpha value is -1.40. The molecule has 1 aromatic rings. The Balaban J connectivity index is 2.07. The molecule has 1 aliphatic rings. The van der Waals surface area contributed by atoms with Gasteiger partial charge in [-0.15, -0.1) is 0 Å². The zero-order valence-corrected chi connectivity index (χ0v) is 12.2. The summed E-state index contributed by atoms with van der Waals surface area (Å²) in [6.07, 6.45) is 5.43. The third-order valence-electron chi connectivity index (χ3n) is 3.84. The van der Waals surface area contributed by atoms with Crippen LogP contribution in [0.5, 0.6) is 0 Å². The molecule has 0 radical (unpaired) electrons. The molecule has 1 saturated heterocycles. The summed E-state index contributed by atoms with van der Waals surface area (Å²) < 4.78 is 0. The van der Waals surface area contributed by atoms with Crippen LogP contribution in [-0.2, 0) is 5.41 Å². The Bertz CT molecular complexity index is 445. The fourth-order valence-corrected chi connectivity index (χ4v) is 2.87. The summed E-state index contributed by atoms with van der Waals surface area (Å²) in [6, 6.07) is 6.51. The molecule has 3 heteroatoms. The van der Waals surface area contributed by atoms with E-state index in [4.69, 9.17) is 0 Å². The maximum Gasteiger partial charge on any atom is 0.0861 e. The SMILES string of the molecule is CC(C)(C)CN1CCC(C#N)(c2cccnc2)CC1. The van der Waals surface area contributed by atoms with Crippen molar-refractivity contribution in [3.63, 3.8) is 0 Å². The van der Waals surface area contributed by atoms with E-state index in [1.54, 1.807) is 6.20 Å². The molecule has 0 aromatic carbocycles. The van der Waals surface area contributed by atoms with Gasteiger partial charge in [-0.1, -0.05) is 26.8 Å². The normalized spacial score (nSPS) is 19.9. The summed E-state index contributed by atoms with van der Waals surface area (Å²) in [5, 5.41) is 9.62. The van der Waals surface area contributed by atoms with Gasteiger partial charge in [0.05, 0.1) is 11.5 Å². The van der Waals surface area contributed by atoms with Crippen molar-refractivity contribution in [1.29, 1.82) is 5.26 Å². The zero-order chi connectivity index (χ0) is 13.9. The molecule has 1 aliphatic heterocycles. The smallest absolute Gasteiger partial charge is 0.0861 e. The lowest BCUT2D eigenvalue weighted by molar-refractivity contribution is 0.137. The summed E-state index contributed by atoms with van der Waals surface area (Å²) in [5.74, 6) is 0. The van der Waals surface area contributed by atoms with Crippen molar-refractivity contribution >= 4 is 0 Å². The number of rotatable bonds is 2. The minimum absolute atomic E-state index is 0.320. The highest BCUT2D eigenvalue weighted by Gasteiger charge is 2.37. The molecule has 0 N–H and O–H groups in total. The topological polar surface area (TPSA) is 39.9 Å². The monoisotopic (exact) mass is 257 g/mol. The Morgan fingerprint density at radius 3 is 2.53 bits per heavy atom. The number of hydrogen-bond donors (Lipinski definition) is 0. The molecule has 1 aromatic heterocycles. The molecule has 0 aliphatic carbocycles. The van der Waals surface area contributed by atoms with Gasteiger partial charge in [-0.25, -0.2) is 0 Å². The average molecular weight is 257 g/mol. The summed E-state index contributed by atoms with van der Waals surface area (Å²) in [4.78, 5) is 6.64. The standard InChI is InChI=1S/C16H23N3/c1-15(2,3)13-19-9-6-16(12-17,7-10-19)14-5-4-8-18-11-14/h4-5,8,11H,6-7,9-10,13H2,1-3H3. The van der Waals surface area contributed by atoms with Gasteiger partial charge in [0.15, 0.2) is 0 Å². The number of likely N-dealkylation sites (tertiary alicyclic amines) is 1. The van der Waals surface area contributed by atoms with E-state index < -0.39 is 0 Å². The van der Waals surface area contributed by atoms with Crippen LogP contribution < -0.4 is 0 Å². The van der Waals surface area contributed by atoms with Crippen LogP contribution >= 0.6 is 0 Å². The van der Waals surface area contributed by atoms with Gasteiger partial charge in [0.25, 0.3) is 0 Å². The molecule has 1 fully saturated rings. The Morgan fingerprint density at radius 1 is 1.37 bits per heavy atom. The average Bonchev–Trinajstić information content (AvgIpc) is 2.39. The summed E-state index contributed by atoms with van der Waals surface area (Å²) in [6.45, 7) is 9.89. The van der Waals surface area contributed by atoms with Crippen molar-refractivity contribution in [3.8, 4) is 6.07 Å². The van der Waals surface area contributed by atoms with E-state index in [9.17, 15) is 5.26 Å². The van der Waals surface area contributed by atoms with Crippen molar-refractivity contribution in [1.82, 2.24) is 9.88 Å². The second-order valence-electron chi connectivity index (χ2n) is 6.77. The lowest BCUT2D eigenvalue weighted by Gasteiger charge is -2.39. The predicted molar refractivity (Wildman–Crippen MR) is 76.7 cm³/mol. The van der Waals surface area contributed by atoms with E-state index in [1.807, 2.05) is 18.3 Å². The van der Waals surface area contributed by atoms with Crippen LogP contribution in [0.3, 0.4) is 0 Å². The Morgan fingerprint density at radius 2 is 2.05 bits per heavy atom. The van der Waals surface area contributed by atoms with Gasteiger partial charge in [0.2, 0.25) is 0 Å². The molecule has 0 saturated carbocycles. The first-order chi connectivity index (χ1) is 8.95. The third-order valence-corrected chi connectivity index (χ3v) is 3.84. The molecule has 2 rings (SSSR count).